The number of carbonyl (C=O) groups is 1. The fourth-order valence-corrected chi connectivity index (χ4v) is 1.71. The van der Waals surface area contributed by atoms with Gasteiger partial charge >= 0.3 is 5.97 Å². The van der Waals surface area contributed by atoms with Gasteiger partial charge in [-0.1, -0.05) is 0 Å². The van der Waals surface area contributed by atoms with Crippen molar-refractivity contribution in [2.75, 3.05) is 13.2 Å². The van der Waals surface area contributed by atoms with Gasteiger partial charge < -0.3 is 14.4 Å². The molecule has 0 amide bonds. The predicted octanol–water partition coefficient (Wildman–Crippen LogP) is 1.38. The molecule has 0 aromatic carbocycles. The van der Waals surface area contributed by atoms with Crippen molar-refractivity contribution in [2.24, 2.45) is 0 Å². The Labute approximate surface area is 96.2 Å². The van der Waals surface area contributed by atoms with Crippen LogP contribution in [0.15, 0.2) is 10.9 Å². The van der Waals surface area contributed by atoms with Crippen LogP contribution in [-0.4, -0.2) is 33.8 Å². The average Bonchev–Trinajstić information content (AvgIpc) is 2.60. The van der Waals surface area contributed by atoms with E-state index in [-0.39, 0.29) is 18.3 Å². The number of hydrogen-bond donors (Lipinski definition) is 1. The molecule has 0 aliphatic rings. The summed E-state index contributed by atoms with van der Waals surface area (Å²) in [6, 6.07) is -0.130. The minimum Gasteiger partial charge on any atom is -0.461 e. The van der Waals surface area contributed by atoms with E-state index in [0.29, 0.717) is 11.3 Å². The highest BCUT2D eigenvalue weighted by molar-refractivity contribution is 9.10. The molecule has 0 radical (unpaired) electrons. The average molecular weight is 277 g/mol. The Morgan fingerprint density at radius 3 is 3.00 bits per heavy atom. The van der Waals surface area contributed by atoms with Crippen molar-refractivity contribution in [3.63, 3.8) is 0 Å². The van der Waals surface area contributed by atoms with Gasteiger partial charge in [-0.05, 0) is 29.8 Å². The third-order valence-electron chi connectivity index (χ3n) is 1.91. The molecule has 6 heteroatoms. The van der Waals surface area contributed by atoms with Crippen molar-refractivity contribution in [3.8, 4) is 0 Å². The molecule has 5 nitrogen and oxygen atoms in total. The highest BCUT2D eigenvalue weighted by Gasteiger charge is 2.16. The number of ether oxygens (including phenoxy) is 1. The van der Waals surface area contributed by atoms with Crippen LogP contribution in [0.5, 0.6) is 0 Å². The normalized spacial score (nSPS) is 12.5. The van der Waals surface area contributed by atoms with Gasteiger partial charge in [-0.15, -0.1) is 0 Å². The van der Waals surface area contributed by atoms with E-state index in [2.05, 4.69) is 20.9 Å². The smallest absolute Gasteiger partial charge is 0.358 e. The zero-order valence-corrected chi connectivity index (χ0v) is 10.2. The third kappa shape index (κ3) is 2.79. The standard InChI is InChI=1S/C9H13BrN2O3/c1-3-15-8(14)7-4-12(6(2)5-13)9(10)11-7/h4,6,13H,3,5H2,1-2H3/t6-/m0/s1. The second kappa shape index (κ2) is 5.27. The molecule has 1 rings (SSSR count). The maximum Gasteiger partial charge on any atom is 0.358 e. The number of rotatable bonds is 4. The van der Waals surface area contributed by atoms with Gasteiger partial charge in [-0.2, -0.15) is 0 Å². The van der Waals surface area contributed by atoms with E-state index in [1.807, 2.05) is 6.92 Å². The van der Waals surface area contributed by atoms with Crippen molar-refractivity contribution in [1.29, 1.82) is 0 Å². The fourth-order valence-electron chi connectivity index (χ4n) is 1.07. The van der Waals surface area contributed by atoms with Crippen LogP contribution < -0.4 is 0 Å². The molecular weight excluding hydrogens is 264 g/mol. The molecule has 0 aliphatic carbocycles. The molecule has 1 atom stereocenters. The first kappa shape index (κ1) is 12.2. The lowest BCUT2D eigenvalue weighted by molar-refractivity contribution is 0.0519. The van der Waals surface area contributed by atoms with E-state index >= 15 is 0 Å². The van der Waals surface area contributed by atoms with Gasteiger partial charge in [0.15, 0.2) is 10.4 Å². The van der Waals surface area contributed by atoms with Crippen molar-refractivity contribution < 1.29 is 14.6 Å². The summed E-state index contributed by atoms with van der Waals surface area (Å²) >= 11 is 3.21. The zero-order chi connectivity index (χ0) is 11.4. The molecule has 1 aromatic rings. The summed E-state index contributed by atoms with van der Waals surface area (Å²) in [5.74, 6) is -0.456. The quantitative estimate of drug-likeness (QED) is 0.844. The monoisotopic (exact) mass is 276 g/mol. The van der Waals surface area contributed by atoms with Crippen molar-refractivity contribution in [3.05, 3.63) is 16.6 Å². The van der Waals surface area contributed by atoms with Crippen LogP contribution in [0.25, 0.3) is 0 Å². The number of imidazole rings is 1. The lowest BCUT2D eigenvalue weighted by Crippen LogP contribution is -2.08. The van der Waals surface area contributed by atoms with E-state index in [9.17, 15) is 4.79 Å². The summed E-state index contributed by atoms with van der Waals surface area (Å²) in [5.41, 5.74) is 0.240. The molecule has 1 aromatic heterocycles. The summed E-state index contributed by atoms with van der Waals surface area (Å²) in [7, 11) is 0. The van der Waals surface area contributed by atoms with Crippen LogP contribution >= 0.6 is 15.9 Å². The molecule has 84 valence electrons. The van der Waals surface area contributed by atoms with Crippen LogP contribution in [-0.2, 0) is 4.74 Å². The predicted molar refractivity (Wildman–Crippen MR) is 57.7 cm³/mol. The van der Waals surface area contributed by atoms with Crippen LogP contribution in [0, 0.1) is 0 Å². The summed E-state index contributed by atoms with van der Waals surface area (Å²) in [5, 5.41) is 8.98. The topological polar surface area (TPSA) is 64.3 Å². The number of aromatic nitrogens is 2. The van der Waals surface area contributed by atoms with Gasteiger partial charge in [0.25, 0.3) is 0 Å². The molecule has 0 aliphatic heterocycles. The van der Waals surface area contributed by atoms with E-state index in [1.165, 1.54) is 0 Å². The molecule has 0 bridgehead atoms. The second-order valence-electron chi connectivity index (χ2n) is 3.05. The second-order valence-corrected chi connectivity index (χ2v) is 3.76. The van der Waals surface area contributed by atoms with Crippen LogP contribution in [0.3, 0.4) is 0 Å². The molecular formula is C9H13BrN2O3. The van der Waals surface area contributed by atoms with Gasteiger partial charge in [-0.3, -0.25) is 0 Å². The maximum absolute atomic E-state index is 11.3. The molecule has 0 saturated carbocycles. The molecule has 0 spiro atoms. The number of halogens is 1. The van der Waals surface area contributed by atoms with Gasteiger partial charge in [0.1, 0.15) is 0 Å². The van der Waals surface area contributed by atoms with Gasteiger partial charge in [0.05, 0.1) is 19.3 Å². The Bertz CT molecular complexity index is 351. The van der Waals surface area contributed by atoms with Crippen molar-refractivity contribution in [1.82, 2.24) is 9.55 Å². The summed E-state index contributed by atoms with van der Waals surface area (Å²) in [6.07, 6.45) is 1.56. The molecule has 1 heterocycles. The fraction of sp³-hybridized carbons (Fsp3) is 0.556. The maximum atomic E-state index is 11.3. The zero-order valence-electron chi connectivity index (χ0n) is 8.61. The Kier molecular flexibility index (Phi) is 4.28. The van der Waals surface area contributed by atoms with Crippen LogP contribution in [0.1, 0.15) is 30.4 Å². The lowest BCUT2D eigenvalue weighted by Gasteiger charge is -2.09. The first-order valence-corrected chi connectivity index (χ1v) is 5.41. The van der Waals surface area contributed by atoms with Gasteiger partial charge in [0.2, 0.25) is 0 Å². The Morgan fingerprint density at radius 1 is 1.80 bits per heavy atom. The summed E-state index contributed by atoms with van der Waals surface area (Å²) in [4.78, 5) is 15.3. The summed E-state index contributed by atoms with van der Waals surface area (Å²) < 4.78 is 6.99. The molecule has 15 heavy (non-hydrogen) atoms. The number of aliphatic hydroxyl groups is 1. The highest BCUT2D eigenvalue weighted by atomic mass is 79.9. The first-order chi connectivity index (χ1) is 7.10. The third-order valence-corrected chi connectivity index (χ3v) is 2.50. The largest absolute Gasteiger partial charge is 0.461 e. The Hall–Kier alpha value is -0.880. The van der Waals surface area contributed by atoms with Gasteiger partial charge in [0, 0.05) is 6.20 Å². The highest BCUT2D eigenvalue weighted by Crippen LogP contribution is 2.16. The van der Waals surface area contributed by atoms with E-state index in [0.717, 1.165) is 0 Å². The minimum atomic E-state index is -0.456. The molecule has 0 unspecified atom stereocenters. The first-order valence-electron chi connectivity index (χ1n) is 4.62. The van der Waals surface area contributed by atoms with Crippen LogP contribution in [0.4, 0.5) is 0 Å². The number of hydrogen-bond acceptors (Lipinski definition) is 4. The SMILES string of the molecule is CCOC(=O)c1cn([C@@H](C)CO)c(Br)n1. The molecule has 1 N–H and O–H groups in total. The van der Waals surface area contributed by atoms with E-state index in [4.69, 9.17) is 9.84 Å². The van der Waals surface area contributed by atoms with Crippen molar-refractivity contribution in [2.45, 2.75) is 19.9 Å². The Balaban J connectivity index is 2.90. The molecule has 0 fully saturated rings. The summed E-state index contributed by atoms with van der Waals surface area (Å²) in [6.45, 7) is 3.86. The lowest BCUT2D eigenvalue weighted by atomic mass is 10.3. The van der Waals surface area contributed by atoms with Crippen LogP contribution in [0.2, 0.25) is 0 Å². The Morgan fingerprint density at radius 2 is 2.47 bits per heavy atom. The van der Waals surface area contributed by atoms with E-state index < -0.39 is 5.97 Å². The number of esters is 1. The number of aliphatic hydroxyl groups excluding tert-OH is 1. The minimum absolute atomic E-state index is 0.0166. The number of carbonyl (C=O) groups excluding carboxylic acids is 1. The van der Waals surface area contributed by atoms with Gasteiger partial charge in [-0.25, -0.2) is 9.78 Å². The van der Waals surface area contributed by atoms with E-state index in [1.54, 1.807) is 17.7 Å². The van der Waals surface area contributed by atoms with Crippen molar-refractivity contribution >= 4 is 21.9 Å². The number of nitrogens with zero attached hydrogens (tertiary/aromatic N) is 2. The molecule has 0 saturated heterocycles.